The van der Waals surface area contributed by atoms with Gasteiger partial charge in [-0.15, -0.1) is 0 Å². The molecule has 0 radical (unpaired) electrons. The van der Waals surface area contributed by atoms with E-state index in [1.807, 2.05) is 6.26 Å². The van der Waals surface area contributed by atoms with E-state index >= 15 is 0 Å². The van der Waals surface area contributed by atoms with Crippen molar-refractivity contribution in [2.24, 2.45) is 0 Å². The first kappa shape index (κ1) is 12.4. The summed E-state index contributed by atoms with van der Waals surface area (Å²) in [5.41, 5.74) is 0.200. The monoisotopic (exact) mass is 247 g/mol. The van der Waals surface area contributed by atoms with Crippen LogP contribution in [0.5, 0.6) is 0 Å². The third kappa shape index (κ3) is 3.43. The van der Waals surface area contributed by atoms with E-state index < -0.39 is 0 Å². The van der Waals surface area contributed by atoms with Gasteiger partial charge in [-0.25, -0.2) is 5.10 Å². The van der Waals surface area contributed by atoms with E-state index in [0.29, 0.717) is 5.69 Å². The minimum Gasteiger partial charge on any atom is -0.381 e. The summed E-state index contributed by atoms with van der Waals surface area (Å²) in [5, 5.41) is 9.21. The molecule has 0 fully saturated rings. The molecule has 0 saturated heterocycles. The molecule has 1 rings (SSSR count). The molecule has 0 aliphatic rings. The highest BCUT2D eigenvalue weighted by atomic mass is 35.5. The second kappa shape index (κ2) is 4.90. The highest BCUT2D eigenvalue weighted by molar-refractivity contribution is 7.99. The Morgan fingerprint density at radius 1 is 1.67 bits per heavy atom. The fraction of sp³-hybridized carbons (Fsp3) is 0.556. The van der Waals surface area contributed by atoms with Gasteiger partial charge < -0.3 is 5.32 Å². The quantitative estimate of drug-likeness (QED) is 0.854. The minimum atomic E-state index is -0.372. The Balaban J connectivity index is 2.74. The molecule has 1 aromatic heterocycles. The van der Waals surface area contributed by atoms with Crippen LogP contribution in [0, 0.1) is 0 Å². The van der Waals surface area contributed by atoms with Gasteiger partial charge in [0.1, 0.15) is 5.02 Å². The lowest BCUT2D eigenvalue weighted by Crippen LogP contribution is -2.26. The van der Waals surface area contributed by atoms with E-state index in [2.05, 4.69) is 29.4 Å². The molecule has 0 spiro atoms. The van der Waals surface area contributed by atoms with Crippen molar-refractivity contribution in [2.45, 2.75) is 18.6 Å². The summed E-state index contributed by atoms with van der Waals surface area (Å²) in [6.07, 6.45) is 3.56. The molecule has 15 heavy (non-hydrogen) atoms. The number of nitrogens with zero attached hydrogens (tertiary/aromatic N) is 1. The van der Waals surface area contributed by atoms with E-state index in [-0.39, 0.29) is 15.3 Å². The zero-order chi connectivity index (χ0) is 11.5. The van der Waals surface area contributed by atoms with Crippen LogP contribution in [-0.4, -0.2) is 27.7 Å². The van der Waals surface area contributed by atoms with Gasteiger partial charge in [-0.2, -0.15) is 16.9 Å². The molecule has 0 unspecified atom stereocenters. The lowest BCUT2D eigenvalue weighted by molar-refractivity contribution is 0.751. The molecule has 2 N–H and O–H groups in total. The number of aromatic nitrogens is 2. The maximum atomic E-state index is 11.1. The summed E-state index contributed by atoms with van der Waals surface area (Å²) in [6.45, 7) is 4.94. The third-order valence-electron chi connectivity index (χ3n) is 2.05. The normalized spacial score (nSPS) is 11.5. The Bertz CT molecular complexity index is 391. The van der Waals surface area contributed by atoms with Gasteiger partial charge >= 0.3 is 0 Å². The SMILES string of the molecule is CSC(C)(C)CNc1cn[nH]c(=O)c1Cl. The summed E-state index contributed by atoms with van der Waals surface area (Å²) in [4.78, 5) is 11.1. The fourth-order valence-electron chi connectivity index (χ4n) is 0.887. The maximum absolute atomic E-state index is 11.1. The van der Waals surface area contributed by atoms with Crippen LogP contribution in [0.2, 0.25) is 5.02 Å². The summed E-state index contributed by atoms with van der Waals surface area (Å²) in [6, 6.07) is 0. The van der Waals surface area contributed by atoms with E-state index in [1.165, 1.54) is 6.20 Å². The lowest BCUT2D eigenvalue weighted by Gasteiger charge is -2.22. The molecule has 0 aliphatic heterocycles. The molecule has 0 aliphatic carbocycles. The van der Waals surface area contributed by atoms with Crippen LogP contribution in [0.15, 0.2) is 11.0 Å². The Morgan fingerprint density at radius 2 is 2.33 bits per heavy atom. The molecule has 4 nitrogen and oxygen atoms in total. The van der Waals surface area contributed by atoms with Gasteiger partial charge in [0, 0.05) is 11.3 Å². The number of thioether (sulfide) groups is 1. The van der Waals surface area contributed by atoms with Crippen molar-refractivity contribution in [2.75, 3.05) is 18.1 Å². The number of hydrogen-bond acceptors (Lipinski definition) is 4. The summed E-state index contributed by atoms with van der Waals surface area (Å²) in [7, 11) is 0. The van der Waals surface area contributed by atoms with Crippen LogP contribution in [-0.2, 0) is 0 Å². The minimum absolute atomic E-state index is 0.0892. The zero-order valence-corrected chi connectivity index (χ0v) is 10.5. The standard InChI is InChI=1S/C9H14ClN3OS/c1-9(2,15-3)5-11-6-4-12-13-8(14)7(6)10/h4H,5H2,1-3H3,(H2,11,13,14). The van der Waals surface area contributed by atoms with Gasteiger partial charge in [0.05, 0.1) is 11.9 Å². The highest BCUT2D eigenvalue weighted by Gasteiger charge is 2.16. The van der Waals surface area contributed by atoms with Crippen molar-refractivity contribution in [3.8, 4) is 0 Å². The molecular formula is C9H14ClN3OS. The van der Waals surface area contributed by atoms with Crippen LogP contribution >= 0.6 is 23.4 Å². The van der Waals surface area contributed by atoms with Crippen LogP contribution in [0.25, 0.3) is 0 Å². The number of halogens is 1. The summed E-state index contributed by atoms with van der Waals surface area (Å²) in [5.74, 6) is 0. The van der Waals surface area contributed by atoms with E-state index in [4.69, 9.17) is 11.6 Å². The Hall–Kier alpha value is -0.680. The average molecular weight is 248 g/mol. The number of aromatic amines is 1. The third-order valence-corrected chi connectivity index (χ3v) is 3.68. The average Bonchev–Trinajstić information content (AvgIpc) is 2.20. The van der Waals surface area contributed by atoms with Gasteiger partial charge in [0.2, 0.25) is 0 Å². The Morgan fingerprint density at radius 3 is 2.93 bits per heavy atom. The molecular weight excluding hydrogens is 234 g/mol. The van der Waals surface area contributed by atoms with E-state index in [0.717, 1.165) is 6.54 Å². The van der Waals surface area contributed by atoms with Gasteiger partial charge in [-0.3, -0.25) is 4.79 Å². The Labute approximate surface area is 97.8 Å². The predicted molar refractivity (Wildman–Crippen MR) is 66.0 cm³/mol. The maximum Gasteiger partial charge on any atom is 0.285 e. The van der Waals surface area contributed by atoms with Crippen molar-refractivity contribution in [3.05, 3.63) is 21.6 Å². The second-order valence-corrected chi connectivity index (χ2v) is 5.64. The van der Waals surface area contributed by atoms with Crippen molar-refractivity contribution in [1.29, 1.82) is 0 Å². The van der Waals surface area contributed by atoms with Gasteiger partial charge in [-0.05, 0) is 20.1 Å². The van der Waals surface area contributed by atoms with Crippen LogP contribution in [0.4, 0.5) is 5.69 Å². The molecule has 84 valence electrons. The second-order valence-electron chi connectivity index (χ2n) is 3.74. The number of hydrogen-bond donors (Lipinski definition) is 2. The molecule has 0 atom stereocenters. The molecule has 1 aromatic rings. The smallest absolute Gasteiger partial charge is 0.285 e. The van der Waals surface area contributed by atoms with Gasteiger partial charge in [-0.1, -0.05) is 11.6 Å². The molecule has 0 saturated carbocycles. The van der Waals surface area contributed by atoms with E-state index in [9.17, 15) is 4.79 Å². The van der Waals surface area contributed by atoms with Crippen molar-refractivity contribution in [1.82, 2.24) is 10.2 Å². The van der Waals surface area contributed by atoms with Crippen LogP contribution < -0.4 is 10.9 Å². The number of H-pyrrole nitrogens is 1. The van der Waals surface area contributed by atoms with Crippen LogP contribution in [0.3, 0.4) is 0 Å². The first-order valence-corrected chi connectivity index (χ1v) is 6.09. The summed E-state index contributed by atoms with van der Waals surface area (Å²) >= 11 is 7.56. The molecule has 0 bridgehead atoms. The zero-order valence-electron chi connectivity index (χ0n) is 8.93. The van der Waals surface area contributed by atoms with Gasteiger partial charge in [0.25, 0.3) is 5.56 Å². The largest absolute Gasteiger partial charge is 0.381 e. The predicted octanol–water partition coefficient (Wildman–Crippen LogP) is 1.98. The van der Waals surface area contributed by atoms with Gasteiger partial charge in [0.15, 0.2) is 0 Å². The molecule has 6 heteroatoms. The number of nitrogens with one attached hydrogen (secondary N) is 2. The Kier molecular flexibility index (Phi) is 4.04. The first-order chi connectivity index (χ1) is 6.96. The fourth-order valence-corrected chi connectivity index (χ4v) is 1.26. The van der Waals surface area contributed by atoms with Crippen molar-refractivity contribution in [3.63, 3.8) is 0 Å². The molecule has 1 heterocycles. The number of rotatable bonds is 4. The topological polar surface area (TPSA) is 57.8 Å². The lowest BCUT2D eigenvalue weighted by atomic mass is 10.2. The molecule has 0 aromatic carbocycles. The molecule has 0 amide bonds. The highest BCUT2D eigenvalue weighted by Crippen LogP contribution is 2.23. The number of anilines is 1. The first-order valence-electron chi connectivity index (χ1n) is 4.48. The van der Waals surface area contributed by atoms with E-state index in [1.54, 1.807) is 11.8 Å². The van der Waals surface area contributed by atoms with Crippen molar-refractivity contribution >= 4 is 29.1 Å². The van der Waals surface area contributed by atoms with Crippen molar-refractivity contribution < 1.29 is 0 Å². The van der Waals surface area contributed by atoms with Crippen LogP contribution in [0.1, 0.15) is 13.8 Å². The summed E-state index contributed by atoms with van der Waals surface area (Å²) < 4.78 is 0.0892.